The molecule has 15 nitrogen and oxygen atoms in total. The maximum atomic E-state index is 10.7. The van der Waals surface area contributed by atoms with E-state index >= 15 is 0 Å². The van der Waals surface area contributed by atoms with E-state index in [0.29, 0.717) is 0 Å². The Balaban J connectivity index is 1.73. The Kier molecular flexibility index (Phi) is 9.45. The van der Waals surface area contributed by atoms with Gasteiger partial charge in [0.1, 0.15) is 60.5 Å². The third-order valence-electron chi connectivity index (χ3n) is 7.08. The fourth-order valence-corrected chi connectivity index (χ4v) is 4.77. The highest BCUT2D eigenvalue weighted by Crippen LogP contribution is 2.36. The van der Waals surface area contributed by atoms with Crippen molar-refractivity contribution >= 4 is 0 Å². The van der Waals surface area contributed by atoms with E-state index in [9.17, 15) is 56.2 Å². The highest BCUT2D eigenvalue weighted by atomic mass is 16.7. The van der Waals surface area contributed by atoms with Crippen LogP contribution in [0.1, 0.15) is 13.3 Å². The topological polar surface area (TPSA) is 259 Å². The van der Waals surface area contributed by atoms with Gasteiger partial charge in [-0.2, -0.15) is 0 Å². The third kappa shape index (κ3) is 5.50. The average molecular weight is 516 g/mol. The lowest BCUT2D eigenvalue weighted by atomic mass is 9.80. The number of aliphatic hydroxyl groups is 11. The molecule has 6 unspecified atom stereocenters. The Morgan fingerprint density at radius 3 is 1.94 bits per heavy atom. The number of aliphatic hydroxyl groups excluding tert-OH is 10. The Bertz CT molecular complexity index is 673. The lowest BCUT2D eigenvalue weighted by molar-refractivity contribution is -0.353. The predicted octanol–water partition coefficient (Wildman–Crippen LogP) is -6.52. The Hall–Kier alpha value is -0.600. The zero-order valence-electron chi connectivity index (χ0n) is 19.0. The fraction of sp³-hybridized carbons (Fsp3) is 1.00. The second kappa shape index (κ2) is 11.4. The van der Waals surface area contributed by atoms with Crippen LogP contribution in [0.4, 0.5) is 0 Å². The summed E-state index contributed by atoms with van der Waals surface area (Å²) in [6, 6.07) is 0. The van der Waals surface area contributed by atoms with Crippen LogP contribution in [0.5, 0.6) is 0 Å². The molecule has 0 spiro atoms. The van der Waals surface area contributed by atoms with Gasteiger partial charge in [-0.1, -0.05) is 0 Å². The molecular formula is C20H36O15. The van der Waals surface area contributed by atoms with Gasteiger partial charge < -0.3 is 75.1 Å². The molecule has 0 aromatic heterocycles. The highest BCUT2D eigenvalue weighted by molar-refractivity contribution is 5.01. The largest absolute Gasteiger partial charge is 0.396 e. The monoisotopic (exact) mass is 516 g/mol. The van der Waals surface area contributed by atoms with Crippen LogP contribution in [0, 0.1) is 5.92 Å². The first-order valence-corrected chi connectivity index (χ1v) is 11.3. The molecule has 0 amide bonds. The molecule has 206 valence electrons. The standard InChI is InChI=1S/C20H36O15/c1-20(31)9(5-23)34-19(14(28)17(20)29)35-15-6(3-21)2-7(10(24)11(15)25)32-16-8(4-22)33-18(30)13(27)12(16)26/h6-19,21-31H,2-5H2,1H3/t6?,7-,8?,9?,10?,11-,12-,13?,14?,15+,16+,17-,18-,19+,20+/m0/s1. The predicted molar refractivity (Wildman–Crippen MR) is 109 cm³/mol. The first-order valence-electron chi connectivity index (χ1n) is 11.3. The van der Waals surface area contributed by atoms with Gasteiger partial charge in [0, 0.05) is 12.5 Å². The summed E-state index contributed by atoms with van der Waals surface area (Å²) in [7, 11) is 0. The van der Waals surface area contributed by atoms with E-state index in [1.807, 2.05) is 0 Å². The quantitative estimate of drug-likeness (QED) is 0.150. The van der Waals surface area contributed by atoms with Crippen molar-refractivity contribution < 1.29 is 75.1 Å². The minimum Gasteiger partial charge on any atom is -0.396 e. The van der Waals surface area contributed by atoms with E-state index in [2.05, 4.69) is 0 Å². The van der Waals surface area contributed by atoms with Crippen molar-refractivity contribution in [2.24, 2.45) is 5.92 Å². The van der Waals surface area contributed by atoms with Crippen LogP contribution in [0.2, 0.25) is 0 Å². The minimum atomic E-state index is -2.02. The maximum Gasteiger partial charge on any atom is 0.187 e. The van der Waals surface area contributed by atoms with Crippen LogP contribution in [0.3, 0.4) is 0 Å². The molecular weight excluding hydrogens is 480 g/mol. The highest BCUT2D eigenvalue weighted by Gasteiger charge is 2.55. The molecule has 15 atom stereocenters. The van der Waals surface area contributed by atoms with Gasteiger partial charge in [-0.3, -0.25) is 0 Å². The summed E-state index contributed by atoms with van der Waals surface area (Å²) in [5.74, 6) is -0.939. The molecule has 35 heavy (non-hydrogen) atoms. The molecule has 0 aromatic rings. The van der Waals surface area contributed by atoms with Gasteiger partial charge in [-0.15, -0.1) is 0 Å². The molecule has 2 aliphatic heterocycles. The summed E-state index contributed by atoms with van der Waals surface area (Å²) in [4.78, 5) is 0. The lowest BCUT2D eigenvalue weighted by Crippen LogP contribution is -2.67. The molecule has 0 aromatic carbocycles. The van der Waals surface area contributed by atoms with Crippen LogP contribution >= 0.6 is 0 Å². The van der Waals surface area contributed by atoms with Crippen molar-refractivity contribution in [3.8, 4) is 0 Å². The molecule has 3 fully saturated rings. The SMILES string of the molecule is C[C@@]1(O)C(CO)O[C@H](O[C@@H]2C(CO)C[C@H](O[C@@H]3C(CO)O[C@H](O)C(O)[C@@H]3O)C(O)[C@@H]2O)C(O)[C@@H]1O. The molecule has 3 aliphatic rings. The van der Waals surface area contributed by atoms with Crippen LogP contribution in [-0.4, -0.2) is 161 Å². The van der Waals surface area contributed by atoms with Crippen molar-refractivity contribution in [3.05, 3.63) is 0 Å². The molecule has 0 radical (unpaired) electrons. The fourth-order valence-electron chi connectivity index (χ4n) is 4.77. The molecule has 11 N–H and O–H groups in total. The molecule has 3 rings (SSSR count). The third-order valence-corrected chi connectivity index (χ3v) is 7.08. The Morgan fingerprint density at radius 2 is 1.37 bits per heavy atom. The van der Waals surface area contributed by atoms with Crippen molar-refractivity contribution in [2.75, 3.05) is 19.8 Å². The number of rotatable bonds is 7. The Labute approximate surface area is 200 Å². The van der Waals surface area contributed by atoms with Crippen molar-refractivity contribution in [3.63, 3.8) is 0 Å². The molecule has 1 aliphatic carbocycles. The van der Waals surface area contributed by atoms with Crippen LogP contribution in [0.25, 0.3) is 0 Å². The summed E-state index contributed by atoms with van der Waals surface area (Å²) in [5, 5.41) is 111. The van der Waals surface area contributed by atoms with Crippen LogP contribution in [0.15, 0.2) is 0 Å². The first-order chi connectivity index (χ1) is 16.4. The van der Waals surface area contributed by atoms with Gasteiger partial charge in [0.15, 0.2) is 12.6 Å². The smallest absolute Gasteiger partial charge is 0.187 e. The number of hydrogen-bond acceptors (Lipinski definition) is 15. The van der Waals surface area contributed by atoms with E-state index in [0.717, 1.165) is 6.92 Å². The van der Waals surface area contributed by atoms with E-state index < -0.39 is 111 Å². The number of hydrogen-bond donors (Lipinski definition) is 11. The van der Waals surface area contributed by atoms with Crippen molar-refractivity contribution in [1.29, 1.82) is 0 Å². The second-order valence-corrected chi connectivity index (χ2v) is 9.47. The van der Waals surface area contributed by atoms with Gasteiger partial charge in [0.25, 0.3) is 0 Å². The van der Waals surface area contributed by atoms with Gasteiger partial charge in [0.2, 0.25) is 0 Å². The zero-order valence-corrected chi connectivity index (χ0v) is 19.0. The maximum absolute atomic E-state index is 10.7. The second-order valence-electron chi connectivity index (χ2n) is 9.47. The summed E-state index contributed by atoms with van der Waals surface area (Å²) in [6.45, 7) is -0.894. The average Bonchev–Trinajstić information content (AvgIpc) is 2.83. The molecule has 2 heterocycles. The summed E-state index contributed by atoms with van der Waals surface area (Å²) >= 11 is 0. The van der Waals surface area contributed by atoms with Gasteiger partial charge >= 0.3 is 0 Å². The van der Waals surface area contributed by atoms with E-state index in [1.165, 1.54) is 0 Å². The van der Waals surface area contributed by atoms with Gasteiger partial charge in [-0.25, -0.2) is 0 Å². The van der Waals surface area contributed by atoms with E-state index in [4.69, 9.17) is 18.9 Å². The van der Waals surface area contributed by atoms with Gasteiger partial charge in [-0.05, 0) is 13.3 Å². The van der Waals surface area contributed by atoms with Crippen molar-refractivity contribution in [2.45, 2.75) is 98.7 Å². The van der Waals surface area contributed by atoms with E-state index in [1.54, 1.807) is 0 Å². The molecule has 2 saturated heterocycles. The Morgan fingerprint density at radius 1 is 0.743 bits per heavy atom. The molecule has 15 heteroatoms. The lowest BCUT2D eigenvalue weighted by Gasteiger charge is -2.49. The van der Waals surface area contributed by atoms with Crippen molar-refractivity contribution in [1.82, 2.24) is 0 Å². The van der Waals surface area contributed by atoms with Crippen LogP contribution < -0.4 is 0 Å². The summed E-state index contributed by atoms with van der Waals surface area (Å²) in [5.41, 5.74) is -2.02. The normalized spacial score (nSPS) is 53.5. The minimum absolute atomic E-state index is 0.175. The molecule has 1 saturated carbocycles. The first kappa shape index (κ1) is 29.0. The molecule has 0 bridgehead atoms. The van der Waals surface area contributed by atoms with E-state index in [-0.39, 0.29) is 6.42 Å². The zero-order chi connectivity index (χ0) is 26.2. The van der Waals surface area contributed by atoms with Crippen LogP contribution in [-0.2, 0) is 18.9 Å². The summed E-state index contributed by atoms with van der Waals surface area (Å²) in [6.07, 6.45) is -20.8. The number of ether oxygens (including phenoxy) is 4. The summed E-state index contributed by atoms with van der Waals surface area (Å²) < 4.78 is 21.6. The van der Waals surface area contributed by atoms with Gasteiger partial charge in [0.05, 0.1) is 25.4 Å².